The Hall–Kier alpha value is -1.11. The van der Waals surface area contributed by atoms with Gasteiger partial charge < -0.3 is 15.5 Å². The van der Waals surface area contributed by atoms with E-state index in [0.717, 1.165) is 51.7 Å². The zero-order chi connectivity index (χ0) is 16.8. The number of amides is 2. The lowest BCUT2D eigenvalue weighted by molar-refractivity contribution is -0.132. The van der Waals surface area contributed by atoms with Crippen molar-refractivity contribution in [1.29, 1.82) is 0 Å². The highest BCUT2D eigenvalue weighted by Gasteiger charge is 2.26. The molecule has 1 aromatic heterocycles. The van der Waals surface area contributed by atoms with Crippen molar-refractivity contribution in [2.24, 2.45) is 5.92 Å². The molecule has 0 bridgehead atoms. The molecule has 2 aliphatic heterocycles. The minimum atomic E-state index is -0.0167. The third kappa shape index (κ3) is 5.97. The summed E-state index contributed by atoms with van der Waals surface area (Å²) in [5.41, 5.74) is 1.25. The first-order valence-electron chi connectivity index (χ1n) is 9.02. The maximum atomic E-state index is 12.4. The molecule has 0 aromatic carbocycles. The van der Waals surface area contributed by atoms with Crippen LogP contribution in [0.1, 0.15) is 37.7 Å². The number of aryl methyl sites for hydroxylation is 1. The molecule has 0 aliphatic carbocycles. The number of piperidine rings is 1. The van der Waals surface area contributed by atoms with Gasteiger partial charge in [0.15, 0.2) is 0 Å². The summed E-state index contributed by atoms with van der Waals surface area (Å²) in [7, 11) is 0. The summed E-state index contributed by atoms with van der Waals surface area (Å²) in [5.74, 6) is 0.747. The molecule has 25 heavy (non-hydrogen) atoms. The molecule has 0 spiro atoms. The van der Waals surface area contributed by atoms with E-state index in [-0.39, 0.29) is 30.3 Å². The van der Waals surface area contributed by atoms with Gasteiger partial charge in [-0.3, -0.25) is 9.59 Å². The molecule has 5 nitrogen and oxygen atoms in total. The van der Waals surface area contributed by atoms with E-state index < -0.39 is 0 Å². The Morgan fingerprint density at radius 1 is 1.32 bits per heavy atom. The first-order valence-corrected chi connectivity index (χ1v) is 9.96. The number of rotatable bonds is 6. The Morgan fingerprint density at radius 3 is 2.92 bits per heavy atom. The van der Waals surface area contributed by atoms with E-state index in [0.29, 0.717) is 18.9 Å². The fourth-order valence-electron chi connectivity index (χ4n) is 3.58. The van der Waals surface area contributed by atoms with Crippen LogP contribution in [-0.4, -0.2) is 48.9 Å². The molecule has 7 heteroatoms. The van der Waals surface area contributed by atoms with Crippen LogP contribution in [0.2, 0.25) is 0 Å². The summed E-state index contributed by atoms with van der Waals surface area (Å²) in [4.78, 5) is 26.5. The van der Waals surface area contributed by atoms with Crippen molar-refractivity contribution in [2.75, 3.05) is 26.2 Å². The molecule has 1 aromatic rings. The van der Waals surface area contributed by atoms with Gasteiger partial charge in [0.25, 0.3) is 0 Å². The van der Waals surface area contributed by atoms with Gasteiger partial charge in [0.05, 0.1) is 6.04 Å². The SMILES string of the molecule is Cl.O=C(NCC1CCCN(C(=O)CCc2ccsc2)C1)C1CCCN1. The second-order valence-corrected chi connectivity index (χ2v) is 7.65. The number of hydrogen-bond acceptors (Lipinski definition) is 4. The molecule has 0 radical (unpaired) electrons. The van der Waals surface area contributed by atoms with Gasteiger partial charge in [0.1, 0.15) is 0 Å². The Kier molecular flexibility index (Phi) is 8.19. The smallest absolute Gasteiger partial charge is 0.237 e. The molecule has 3 heterocycles. The van der Waals surface area contributed by atoms with Gasteiger partial charge in [0.2, 0.25) is 11.8 Å². The van der Waals surface area contributed by atoms with Crippen molar-refractivity contribution in [2.45, 2.75) is 44.6 Å². The molecule has 2 N–H and O–H groups in total. The first kappa shape index (κ1) is 20.2. The van der Waals surface area contributed by atoms with E-state index in [1.165, 1.54) is 5.56 Å². The Bertz CT molecular complexity index is 547. The van der Waals surface area contributed by atoms with E-state index in [2.05, 4.69) is 27.5 Å². The van der Waals surface area contributed by atoms with Gasteiger partial charge in [0, 0.05) is 26.1 Å². The van der Waals surface area contributed by atoms with Gasteiger partial charge in [-0.2, -0.15) is 11.3 Å². The number of likely N-dealkylation sites (tertiary alicyclic amines) is 1. The third-order valence-electron chi connectivity index (χ3n) is 5.02. The zero-order valence-electron chi connectivity index (χ0n) is 14.5. The van der Waals surface area contributed by atoms with Crippen LogP contribution < -0.4 is 10.6 Å². The first-order chi connectivity index (χ1) is 11.7. The molecule has 2 fully saturated rings. The van der Waals surface area contributed by atoms with E-state index in [4.69, 9.17) is 0 Å². The molecule has 0 saturated carbocycles. The number of thiophene rings is 1. The highest BCUT2D eigenvalue weighted by atomic mass is 35.5. The molecule has 2 aliphatic rings. The molecular weight excluding hydrogens is 358 g/mol. The van der Waals surface area contributed by atoms with E-state index >= 15 is 0 Å². The fourth-order valence-corrected chi connectivity index (χ4v) is 4.28. The van der Waals surface area contributed by atoms with E-state index in [9.17, 15) is 9.59 Å². The van der Waals surface area contributed by atoms with Crippen molar-refractivity contribution in [1.82, 2.24) is 15.5 Å². The largest absolute Gasteiger partial charge is 0.354 e. The van der Waals surface area contributed by atoms with Crippen LogP contribution in [0.3, 0.4) is 0 Å². The standard InChI is InChI=1S/C18H27N3O2S.ClH/c22-17(6-5-14-7-10-24-13-14)21-9-2-3-15(12-21)11-20-18(23)16-4-1-8-19-16;/h7,10,13,15-16,19H,1-6,8-9,11-12H2,(H,20,23);1H. The predicted octanol–water partition coefficient (Wildman–Crippen LogP) is 2.21. The summed E-state index contributed by atoms with van der Waals surface area (Å²) in [5, 5.41) is 10.5. The van der Waals surface area contributed by atoms with Crippen LogP contribution in [-0.2, 0) is 16.0 Å². The van der Waals surface area contributed by atoms with Crippen molar-refractivity contribution in [3.05, 3.63) is 22.4 Å². The quantitative estimate of drug-likeness (QED) is 0.789. The average molecular weight is 386 g/mol. The summed E-state index contributed by atoms with van der Waals surface area (Å²) in [6.07, 6.45) is 5.55. The predicted molar refractivity (Wildman–Crippen MR) is 103 cm³/mol. The van der Waals surface area contributed by atoms with E-state index in [1.54, 1.807) is 11.3 Å². The fraction of sp³-hybridized carbons (Fsp3) is 0.667. The molecule has 3 rings (SSSR count). The average Bonchev–Trinajstić information content (AvgIpc) is 3.31. The molecule has 2 atom stereocenters. The Balaban J connectivity index is 0.00000225. The second kappa shape index (κ2) is 10.1. The highest BCUT2D eigenvalue weighted by molar-refractivity contribution is 7.07. The van der Waals surface area contributed by atoms with Gasteiger partial charge in [-0.25, -0.2) is 0 Å². The number of carbonyl (C=O) groups is 2. The minimum absolute atomic E-state index is 0. The maximum absolute atomic E-state index is 12.4. The zero-order valence-corrected chi connectivity index (χ0v) is 16.2. The van der Waals surface area contributed by atoms with Crippen LogP contribution in [0.15, 0.2) is 16.8 Å². The van der Waals surface area contributed by atoms with E-state index in [1.807, 2.05) is 4.90 Å². The Morgan fingerprint density at radius 2 is 2.20 bits per heavy atom. The third-order valence-corrected chi connectivity index (χ3v) is 5.75. The van der Waals surface area contributed by atoms with Crippen LogP contribution in [0, 0.1) is 5.92 Å². The summed E-state index contributed by atoms with van der Waals surface area (Å²) in [6, 6.07) is 2.07. The van der Waals surface area contributed by atoms with Crippen molar-refractivity contribution in [3.63, 3.8) is 0 Å². The van der Waals surface area contributed by atoms with Crippen molar-refractivity contribution < 1.29 is 9.59 Å². The highest BCUT2D eigenvalue weighted by Crippen LogP contribution is 2.18. The molecular formula is C18H28ClN3O2S. The molecule has 2 unspecified atom stereocenters. The summed E-state index contributed by atoms with van der Waals surface area (Å²) < 4.78 is 0. The normalized spacial score (nSPS) is 23.1. The Labute approximate surface area is 160 Å². The lowest BCUT2D eigenvalue weighted by atomic mass is 9.97. The van der Waals surface area contributed by atoms with Gasteiger partial charge in [-0.15, -0.1) is 12.4 Å². The van der Waals surface area contributed by atoms with Crippen molar-refractivity contribution >= 4 is 35.6 Å². The van der Waals surface area contributed by atoms with Crippen LogP contribution >= 0.6 is 23.7 Å². The summed E-state index contributed by atoms with van der Waals surface area (Å²) in [6.45, 7) is 3.26. The molecule has 140 valence electrons. The lowest BCUT2D eigenvalue weighted by Gasteiger charge is -2.33. The number of nitrogens with one attached hydrogen (secondary N) is 2. The van der Waals surface area contributed by atoms with Crippen LogP contribution in [0.5, 0.6) is 0 Å². The van der Waals surface area contributed by atoms with Crippen LogP contribution in [0.4, 0.5) is 0 Å². The maximum Gasteiger partial charge on any atom is 0.237 e. The van der Waals surface area contributed by atoms with Crippen LogP contribution in [0.25, 0.3) is 0 Å². The number of carbonyl (C=O) groups excluding carboxylic acids is 2. The number of halogens is 1. The monoisotopic (exact) mass is 385 g/mol. The summed E-state index contributed by atoms with van der Waals surface area (Å²) >= 11 is 1.68. The van der Waals surface area contributed by atoms with Gasteiger partial charge in [-0.05, 0) is 67.0 Å². The van der Waals surface area contributed by atoms with Crippen molar-refractivity contribution in [3.8, 4) is 0 Å². The van der Waals surface area contributed by atoms with Gasteiger partial charge in [-0.1, -0.05) is 0 Å². The molecule has 2 saturated heterocycles. The second-order valence-electron chi connectivity index (χ2n) is 6.87. The lowest BCUT2D eigenvalue weighted by Crippen LogP contribution is -2.46. The number of hydrogen-bond donors (Lipinski definition) is 2. The topological polar surface area (TPSA) is 61.4 Å². The minimum Gasteiger partial charge on any atom is -0.354 e. The number of nitrogens with zero attached hydrogens (tertiary/aromatic N) is 1. The molecule has 2 amide bonds. The van der Waals surface area contributed by atoms with Gasteiger partial charge >= 0.3 is 0 Å².